The summed E-state index contributed by atoms with van der Waals surface area (Å²) >= 11 is 5.97. The van der Waals surface area contributed by atoms with Crippen molar-refractivity contribution in [3.05, 3.63) is 28.8 Å². The second-order valence-electron chi connectivity index (χ2n) is 2.93. The van der Waals surface area contributed by atoms with Crippen LogP contribution in [0.5, 0.6) is 5.75 Å². The third-order valence-electron chi connectivity index (χ3n) is 1.96. The molecule has 3 nitrogen and oxygen atoms in total. The molecule has 0 aliphatic carbocycles. The zero-order valence-electron chi connectivity index (χ0n) is 8.25. The van der Waals surface area contributed by atoms with Crippen LogP contribution in [0.15, 0.2) is 18.2 Å². The van der Waals surface area contributed by atoms with Crippen LogP contribution in [0.2, 0.25) is 5.02 Å². The van der Waals surface area contributed by atoms with E-state index < -0.39 is 6.10 Å². The van der Waals surface area contributed by atoms with Gasteiger partial charge in [0.05, 0.1) is 18.2 Å². The van der Waals surface area contributed by atoms with Crippen molar-refractivity contribution in [2.24, 2.45) is 0 Å². The summed E-state index contributed by atoms with van der Waals surface area (Å²) in [5.41, 5.74) is 0.631. The van der Waals surface area contributed by atoms with Crippen LogP contribution >= 0.6 is 11.6 Å². The summed E-state index contributed by atoms with van der Waals surface area (Å²) in [6.07, 6.45) is -0.649. The van der Waals surface area contributed by atoms with Crippen LogP contribution < -0.4 is 10.1 Å². The van der Waals surface area contributed by atoms with Crippen molar-refractivity contribution in [2.45, 2.75) is 6.10 Å². The first-order valence-electron chi connectivity index (χ1n) is 4.35. The molecule has 0 aromatic heterocycles. The van der Waals surface area contributed by atoms with E-state index in [0.29, 0.717) is 22.9 Å². The predicted octanol–water partition coefficient (Wildman–Crippen LogP) is 1.60. The number of nitrogens with one attached hydrogen (secondary N) is 1. The molecular formula is C10H14ClNO2. The minimum atomic E-state index is -0.649. The number of aliphatic hydroxyl groups excluding tert-OH is 1. The summed E-state index contributed by atoms with van der Waals surface area (Å²) in [5, 5.41) is 13.2. The van der Waals surface area contributed by atoms with Gasteiger partial charge in [0.15, 0.2) is 0 Å². The summed E-state index contributed by atoms with van der Waals surface area (Å²) < 4.78 is 5.12. The highest BCUT2D eigenvalue weighted by atomic mass is 35.5. The van der Waals surface area contributed by atoms with Crippen molar-refractivity contribution >= 4 is 11.6 Å². The molecule has 0 amide bonds. The van der Waals surface area contributed by atoms with Crippen LogP contribution in [0.4, 0.5) is 0 Å². The Morgan fingerprint density at radius 3 is 2.86 bits per heavy atom. The van der Waals surface area contributed by atoms with Crippen molar-refractivity contribution in [3.8, 4) is 5.75 Å². The second kappa shape index (κ2) is 5.20. The lowest BCUT2D eigenvalue weighted by atomic mass is 10.1. The average molecular weight is 216 g/mol. The Hall–Kier alpha value is -0.770. The lowest BCUT2D eigenvalue weighted by Crippen LogP contribution is -2.17. The number of likely N-dealkylation sites (N-methyl/N-ethyl adjacent to an activating group) is 1. The zero-order valence-corrected chi connectivity index (χ0v) is 9.01. The summed E-state index contributed by atoms with van der Waals surface area (Å²) in [6, 6.07) is 5.30. The quantitative estimate of drug-likeness (QED) is 0.802. The van der Waals surface area contributed by atoms with Crippen LogP contribution in [0, 0.1) is 0 Å². The molecule has 1 rings (SSSR count). The molecule has 0 spiro atoms. The first kappa shape index (κ1) is 11.3. The number of hydrogen-bond donors (Lipinski definition) is 2. The van der Waals surface area contributed by atoms with Crippen molar-refractivity contribution < 1.29 is 9.84 Å². The average Bonchev–Trinajstić information content (AvgIpc) is 2.17. The van der Waals surface area contributed by atoms with Gasteiger partial charge in [-0.2, -0.15) is 0 Å². The molecule has 2 N–H and O–H groups in total. The maximum Gasteiger partial charge on any atom is 0.126 e. The number of ether oxygens (including phenoxy) is 1. The van der Waals surface area contributed by atoms with Crippen molar-refractivity contribution in [2.75, 3.05) is 20.7 Å². The number of halogens is 1. The van der Waals surface area contributed by atoms with Gasteiger partial charge in [0, 0.05) is 12.1 Å². The van der Waals surface area contributed by atoms with E-state index >= 15 is 0 Å². The van der Waals surface area contributed by atoms with Gasteiger partial charge in [0.2, 0.25) is 0 Å². The summed E-state index contributed by atoms with van der Waals surface area (Å²) in [6.45, 7) is 0.445. The molecule has 0 saturated carbocycles. The number of rotatable bonds is 4. The monoisotopic (exact) mass is 215 g/mol. The van der Waals surface area contributed by atoms with E-state index in [2.05, 4.69) is 5.32 Å². The molecule has 4 heteroatoms. The molecule has 0 fully saturated rings. The third-order valence-corrected chi connectivity index (χ3v) is 2.29. The molecule has 1 atom stereocenters. The van der Waals surface area contributed by atoms with Crippen molar-refractivity contribution in [3.63, 3.8) is 0 Å². The van der Waals surface area contributed by atoms with Crippen LogP contribution in [0.25, 0.3) is 0 Å². The van der Waals surface area contributed by atoms with Crippen molar-refractivity contribution in [1.29, 1.82) is 0 Å². The molecule has 0 heterocycles. The Labute approximate surface area is 88.7 Å². The van der Waals surface area contributed by atoms with E-state index in [0.717, 1.165) is 0 Å². The summed E-state index contributed by atoms with van der Waals surface area (Å²) in [7, 11) is 3.33. The minimum Gasteiger partial charge on any atom is -0.496 e. The molecule has 1 aromatic carbocycles. The zero-order chi connectivity index (χ0) is 10.6. The minimum absolute atomic E-state index is 0.445. The Morgan fingerprint density at radius 2 is 2.29 bits per heavy atom. The highest BCUT2D eigenvalue weighted by molar-refractivity contribution is 6.31. The van der Waals surface area contributed by atoms with Crippen LogP contribution in [0.3, 0.4) is 0 Å². The fraction of sp³-hybridized carbons (Fsp3) is 0.400. The van der Waals surface area contributed by atoms with Gasteiger partial charge in [-0.1, -0.05) is 17.7 Å². The number of benzene rings is 1. The predicted molar refractivity (Wildman–Crippen MR) is 56.9 cm³/mol. The van der Waals surface area contributed by atoms with Crippen molar-refractivity contribution in [1.82, 2.24) is 5.32 Å². The van der Waals surface area contributed by atoms with Gasteiger partial charge in [-0.25, -0.2) is 0 Å². The van der Waals surface area contributed by atoms with E-state index in [9.17, 15) is 5.11 Å². The third kappa shape index (κ3) is 2.38. The maximum atomic E-state index is 9.79. The van der Waals surface area contributed by atoms with Gasteiger partial charge in [-0.15, -0.1) is 0 Å². The first-order valence-corrected chi connectivity index (χ1v) is 4.73. The van der Waals surface area contributed by atoms with Crippen LogP contribution in [-0.4, -0.2) is 25.8 Å². The summed E-state index contributed by atoms with van der Waals surface area (Å²) in [5.74, 6) is 0.611. The molecule has 0 radical (unpaired) electrons. The van der Waals surface area contributed by atoms with E-state index in [4.69, 9.17) is 16.3 Å². The lowest BCUT2D eigenvalue weighted by molar-refractivity contribution is 0.173. The standard InChI is InChI=1S/C10H14ClNO2/c1-12-6-8(13)10-7(11)4-3-5-9(10)14-2/h3-5,8,12-13H,6H2,1-2H3. The Morgan fingerprint density at radius 1 is 1.57 bits per heavy atom. The number of methoxy groups -OCH3 is 1. The van der Waals surface area contributed by atoms with Gasteiger partial charge in [0.1, 0.15) is 5.75 Å². The second-order valence-corrected chi connectivity index (χ2v) is 3.34. The first-order chi connectivity index (χ1) is 6.70. The SMILES string of the molecule is CNCC(O)c1c(Cl)cccc1OC. The molecule has 78 valence electrons. The maximum absolute atomic E-state index is 9.79. The topological polar surface area (TPSA) is 41.5 Å². The molecular weight excluding hydrogens is 202 g/mol. The van der Waals surface area contributed by atoms with Gasteiger partial charge >= 0.3 is 0 Å². The highest BCUT2D eigenvalue weighted by Crippen LogP contribution is 2.31. The van der Waals surface area contributed by atoms with E-state index in [1.807, 2.05) is 0 Å². The fourth-order valence-electron chi connectivity index (χ4n) is 1.31. The van der Waals surface area contributed by atoms with Gasteiger partial charge in [-0.05, 0) is 19.2 Å². The van der Waals surface area contributed by atoms with Gasteiger partial charge in [0.25, 0.3) is 0 Å². The highest BCUT2D eigenvalue weighted by Gasteiger charge is 2.15. The van der Waals surface area contributed by atoms with E-state index in [1.54, 1.807) is 32.4 Å². The Bertz CT molecular complexity index is 304. The molecule has 14 heavy (non-hydrogen) atoms. The molecule has 0 bridgehead atoms. The lowest BCUT2D eigenvalue weighted by Gasteiger charge is -2.15. The smallest absolute Gasteiger partial charge is 0.126 e. The van der Waals surface area contributed by atoms with E-state index in [-0.39, 0.29) is 0 Å². The molecule has 1 unspecified atom stereocenters. The molecule has 0 aliphatic rings. The number of hydrogen-bond acceptors (Lipinski definition) is 3. The normalized spacial score (nSPS) is 12.6. The van der Waals surface area contributed by atoms with Crippen LogP contribution in [0.1, 0.15) is 11.7 Å². The Kier molecular flexibility index (Phi) is 4.20. The Balaban J connectivity index is 3.03. The van der Waals surface area contributed by atoms with Gasteiger partial charge in [-0.3, -0.25) is 0 Å². The largest absolute Gasteiger partial charge is 0.496 e. The molecule has 0 aliphatic heterocycles. The molecule has 0 saturated heterocycles. The van der Waals surface area contributed by atoms with Gasteiger partial charge < -0.3 is 15.2 Å². The molecule has 1 aromatic rings. The summed E-state index contributed by atoms with van der Waals surface area (Å²) in [4.78, 5) is 0. The van der Waals surface area contributed by atoms with E-state index in [1.165, 1.54) is 0 Å². The fourth-order valence-corrected chi connectivity index (χ4v) is 1.61. The van der Waals surface area contributed by atoms with Crippen LogP contribution in [-0.2, 0) is 0 Å². The number of aliphatic hydroxyl groups is 1.